The number of carbonyl (C=O) groups excluding carboxylic acids is 1. The van der Waals surface area contributed by atoms with Crippen LogP contribution in [0.4, 0.5) is 0 Å². The molecule has 156 valence electrons. The highest BCUT2D eigenvalue weighted by Crippen LogP contribution is 2.62. The van der Waals surface area contributed by atoms with Crippen molar-refractivity contribution < 1.29 is 14.3 Å². The number of fused-ring (bicyclic) bond motifs is 4. The van der Waals surface area contributed by atoms with Crippen molar-refractivity contribution in [3.8, 4) is 0 Å². The maximum absolute atomic E-state index is 11.9. The number of hydrogen-bond donors (Lipinski definition) is 0. The second-order valence-electron chi connectivity index (χ2n) is 10.7. The first-order valence-corrected chi connectivity index (χ1v) is 12.0. The van der Waals surface area contributed by atoms with Gasteiger partial charge in [0.15, 0.2) is 5.79 Å². The zero-order valence-corrected chi connectivity index (χ0v) is 17.9. The summed E-state index contributed by atoms with van der Waals surface area (Å²) in [7, 11) is 1.86. The van der Waals surface area contributed by atoms with Gasteiger partial charge in [-0.25, -0.2) is 0 Å². The lowest BCUT2D eigenvalue weighted by atomic mass is 9.54. The molecule has 0 aromatic rings. The molecule has 0 heterocycles. The molecule has 5 aliphatic rings. The van der Waals surface area contributed by atoms with Gasteiger partial charge in [-0.3, -0.25) is 4.79 Å². The summed E-state index contributed by atoms with van der Waals surface area (Å²) in [4.78, 5) is 11.9. The summed E-state index contributed by atoms with van der Waals surface area (Å²) in [6.45, 7) is 2.53. The normalized spacial score (nSPS) is 42.7. The molecule has 5 rings (SSSR count). The van der Waals surface area contributed by atoms with E-state index in [9.17, 15) is 4.79 Å². The number of rotatable bonds is 3. The summed E-state index contributed by atoms with van der Waals surface area (Å²) in [5, 5.41) is 0. The fourth-order valence-electron chi connectivity index (χ4n) is 7.92. The lowest BCUT2D eigenvalue weighted by molar-refractivity contribution is -0.278. The molecule has 3 fully saturated rings. The Balaban J connectivity index is 1.35. The van der Waals surface area contributed by atoms with E-state index >= 15 is 0 Å². The average molecular weight is 387 g/mol. The lowest BCUT2D eigenvalue weighted by Crippen LogP contribution is -2.49. The van der Waals surface area contributed by atoms with Crippen LogP contribution >= 0.6 is 0 Å². The largest absolute Gasteiger partial charge is 0.353 e. The average Bonchev–Trinajstić information content (AvgIpc) is 3.04. The molecule has 0 amide bonds. The zero-order valence-electron chi connectivity index (χ0n) is 17.9. The molecule has 0 aliphatic heterocycles. The van der Waals surface area contributed by atoms with Gasteiger partial charge in [-0.05, 0) is 81.0 Å². The molecule has 5 aliphatic carbocycles. The van der Waals surface area contributed by atoms with Gasteiger partial charge in [0.25, 0.3) is 0 Å². The monoisotopic (exact) mass is 386 g/mol. The first-order chi connectivity index (χ1) is 13.5. The molecule has 3 nitrogen and oxygen atoms in total. The molecule has 0 bridgehead atoms. The molecule has 0 spiro atoms. The number of hydrogen-bond acceptors (Lipinski definition) is 3. The standard InChI is InChI=1S/C25H38O3/c1-24-15-12-20-19-9-7-18(26)16-17(19)6-8-21(20)22(24)10-11-23(24)28-25(27-2)13-4-3-5-14-25/h20-23H,3-16H2,1-2H3/t20-,21-,22+,23+,24+/m1/s1. The summed E-state index contributed by atoms with van der Waals surface area (Å²) < 4.78 is 12.9. The van der Waals surface area contributed by atoms with Crippen molar-refractivity contribution in [1.82, 2.24) is 0 Å². The van der Waals surface area contributed by atoms with Crippen molar-refractivity contribution in [2.45, 2.75) is 109 Å². The molecule has 0 aromatic heterocycles. The van der Waals surface area contributed by atoms with E-state index in [-0.39, 0.29) is 5.79 Å². The van der Waals surface area contributed by atoms with Gasteiger partial charge in [-0.2, -0.15) is 0 Å². The van der Waals surface area contributed by atoms with Crippen LogP contribution in [-0.4, -0.2) is 24.8 Å². The van der Waals surface area contributed by atoms with E-state index in [4.69, 9.17) is 9.47 Å². The Labute approximate surface area is 170 Å². The van der Waals surface area contributed by atoms with Gasteiger partial charge >= 0.3 is 0 Å². The zero-order chi connectivity index (χ0) is 19.4. The van der Waals surface area contributed by atoms with Crippen molar-refractivity contribution in [1.29, 1.82) is 0 Å². The smallest absolute Gasteiger partial charge is 0.168 e. The minimum atomic E-state index is -0.316. The third-order valence-corrected chi connectivity index (χ3v) is 9.46. The predicted molar refractivity (Wildman–Crippen MR) is 110 cm³/mol. The third-order valence-electron chi connectivity index (χ3n) is 9.46. The van der Waals surface area contributed by atoms with Gasteiger partial charge < -0.3 is 9.47 Å². The van der Waals surface area contributed by atoms with Crippen LogP contribution in [0.25, 0.3) is 0 Å². The molecule has 5 atom stereocenters. The van der Waals surface area contributed by atoms with Gasteiger partial charge in [-0.1, -0.05) is 24.5 Å². The number of carbonyl (C=O) groups is 1. The van der Waals surface area contributed by atoms with E-state index in [2.05, 4.69) is 6.92 Å². The molecule has 3 heteroatoms. The number of allylic oxidation sites excluding steroid dienone is 2. The summed E-state index contributed by atoms with van der Waals surface area (Å²) >= 11 is 0. The maximum Gasteiger partial charge on any atom is 0.168 e. The quantitative estimate of drug-likeness (QED) is 0.443. The van der Waals surface area contributed by atoms with Crippen LogP contribution in [0.3, 0.4) is 0 Å². The number of ketones is 1. The van der Waals surface area contributed by atoms with Crippen molar-refractivity contribution in [2.75, 3.05) is 7.11 Å². The third kappa shape index (κ3) is 3.03. The predicted octanol–water partition coefficient (Wildman–Crippen LogP) is 5.96. The van der Waals surface area contributed by atoms with Crippen LogP contribution in [0.5, 0.6) is 0 Å². The van der Waals surface area contributed by atoms with Gasteiger partial charge in [0, 0.05) is 32.8 Å². The number of ether oxygens (including phenoxy) is 2. The summed E-state index contributed by atoms with van der Waals surface area (Å²) in [5.41, 5.74) is 3.56. The highest BCUT2D eigenvalue weighted by Gasteiger charge is 2.57. The molecule has 0 aromatic carbocycles. The van der Waals surface area contributed by atoms with Gasteiger partial charge in [-0.15, -0.1) is 0 Å². The minimum Gasteiger partial charge on any atom is -0.353 e. The topological polar surface area (TPSA) is 35.5 Å². The van der Waals surface area contributed by atoms with Crippen LogP contribution in [0.15, 0.2) is 11.1 Å². The molecular weight excluding hydrogens is 348 g/mol. The van der Waals surface area contributed by atoms with Crippen LogP contribution in [0.2, 0.25) is 0 Å². The van der Waals surface area contributed by atoms with Crippen molar-refractivity contribution in [3.63, 3.8) is 0 Å². The van der Waals surface area contributed by atoms with E-state index in [1.54, 1.807) is 5.57 Å². The second kappa shape index (κ2) is 7.23. The van der Waals surface area contributed by atoms with Crippen molar-refractivity contribution >= 4 is 5.78 Å². The van der Waals surface area contributed by atoms with Gasteiger partial charge in [0.2, 0.25) is 0 Å². The van der Waals surface area contributed by atoms with E-state index in [1.165, 1.54) is 63.4 Å². The van der Waals surface area contributed by atoms with E-state index < -0.39 is 0 Å². The minimum absolute atomic E-state index is 0.312. The number of Topliss-reactive ketones (excluding diaryl/α,β-unsaturated/α-hetero) is 1. The first-order valence-electron chi connectivity index (χ1n) is 12.0. The second-order valence-corrected chi connectivity index (χ2v) is 10.7. The van der Waals surface area contributed by atoms with Crippen LogP contribution in [0, 0.1) is 23.2 Å². The van der Waals surface area contributed by atoms with Crippen molar-refractivity contribution in [3.05, 3.63) is 11.1 Å². The molecule has 3 saturated carbocycles. The number of methoxy groups -OCH3 is 1. The Hall–Kier alpha value is -0.670. The molecule has 0 saturated heterocycles. The molecular formula is C25H38O3. The Morgan fingerprint density at radius 2 is 1.75 bits per heavy atom. The summed E-state index contributed by atoms with van der Waals surface area (Å²) in [6, 6.07) is 0. The summed E-state index contributed by atoms with van der Waals surface area (Å²) in [5.74, 6) is 2.54. The van der Waals surface area contributed by atoms with Crippen LogP contribution in [0.1, 0.15) is 96.8 Å². The Morgan fingerprint density at radius 1 is 0.929 bits per heavy atom. The fourth-order valence-corrected chi connectivity index (χ4v) is 7.92. The summed E-state index contributed by atoms with van der Waals surface area (Å²) in [6.07, 6.45) is 16.5. The molecule has 28 heavy (non-hydrogen) atoms. The fraction of sp³-hybridized carbons (Fsp3) is 0.880. The van der Waals surface area contributed by atoms with E-state index in [0.717, 1.165) is 49.9 Å². The van der Waals surface area contributed by atoms with Crippen molar-refractivity contribution in [2.24, 2.45) is 23.2 Å². The van der Waals surface area contributed by atoms with Gasteiger partial charge in [0.05, 0.1) is 6.10 Å². The molecule has 0 radical (unpaired) electrons. The lowest BCUT2D eigenvalue weighted by Gasteiger charge is -2.53. The SMILES string of the molecule is COC1(O[C@H]2CC[C@H]3[C@@H]4CCC5=C(CCC(=O)C5)[C@H]4CC[C@]23C)CCCCC1. The molecule has 0 N–H and O–H groups in total. The van der Waals surface area contributed by atoms with Gasteiger partial charge in [0.1, 0.15) is 5.78 Å². The molecule has 0 unspecified atom stereocenters. The first kappa shape index (κ1) is 19.3. The maximum atomic E-state index is 11.9. The highest BCUT2D eigenvalue weighted by atomic mass is 16.7. The van der Waals surface area contributed by atoms with E-state index in [1.807, 2.05) is 7.11 Å². The van der Waals surface area contributed by atoms with Crippen LogP contribution in [-0.2, 0) is 14.3 Å². The Morgan fingerprint density at radius 3 is 2.54 bits per heavy atom. The Bertz CT molecular complexity index is 659. The van der Waals surface area contributed by atoms with Crippen LogP contribution < -0.4 is 0 Å². The Kier molecular flexibility index (Phi) is 4.99. The highest BCUT2D eigenvalue weighted by molar-refractivity contribution is 5.82. The van der Waals surface area contributed by atoms with E-state index in [0.29, 0.717) is 17.3 Å².